The minimum absolute atomic E-state index is 0.384. The zero-order chi connectivity index (χ0) is 13.8. The van der Waals surface area contributed by atoms with Crippen molar-refractivity contribution in [1.82, 2.24) is 0 Å². The Morgan fingerprint density at radius 1 is 1.05 bits per heavy atom. The van der Waals surface area contributed by atoms with Gasteiger partial charge in [0.15, 0.2) is 0 Å². The molecule has 0 radical (unpaired) electrons. The zero-order valence-corrected chi connectivity index (χ0v) is 11.7. The van der Waals surface area contributed by atoms with E-state index in [0.29, 0.717) is 6.04 Å². The Balaban J connectivity index is 1.65. The van der Waals surface area contributed by atoms with Gasteiger partial charge in [0.25, 0.3) is 0 Å². The molecule has 3 N–H and O–H groups in total. The van der Waals surface area contributed by atoms with Gasteiger partial charge in [0.05, 0.1) is 0 Å². The average Bonchev–Trinajstić information content (AvgIpc) is 2.53. The third-order valence-corrected chi connectivity index (χ3v) is 4.24. The predicted octanol–water partition coefficient (Wildman–Crippen LogP) is 2.36. The van der Waals surface area contributed by atoms with Gasteiger partial charge in [0.1, 0.15) is 18.7 Å². The summed E-state index contributed by atoms with van der Waals surface area (Å²) in [4.78, 5) is 0. The molecule has 2 atom stereocenters. The number of aliphatic hydroxyl groups is 1. The molecule has 0 heterocycles. The smallest absolute Gasteiger partial charge is 0.128 e. The molecule has 0 saturated heterocycles. The van der Waals surface area contributed by atoms with Crippen molar-refractivity contribution in [2.75, 3.05) is 6.54 Å². The Hall–Kier alpha value is -1.64. The van der Waals surface area contributed by atoms with E-state index in [0.717, 1.165) is 12.1 Å². The van der Waals surface area contributed by atoms with Crippen LogP contribution in [0.15, 0.2) is 54.6 Å². The Bertz CT molecular complexity index is 552. The van der Waals surface area contributed by atoms with Gasteiger partial charge in [-0.1, -0.05) is 54.6 Å². The van der Waals surface area contributed by atoms with E-state index in [2.05, 4.69) is 29.6 Å². The monoisotopic (exact) mass is 268 g/mol. The molecule has 0 saturated carbocycles. The SMILES string of the molecule is O[C@H](C[NH2+][C@H]1CCCc2ccccc21)c1ccccc1. The van der Waals surface area contributed by atoms with Crippen LogP contribution < -0.4 is 5.32 Å². The lowest BCUT2D eigenvalue weighted by molar-refractivity contribution is -0.703. The second kappa shape index (κ2) is 6.21. The first-order chi connectivity index (χ1) is 9.84. The van der Waals surface area contributed by atoms with Crippen molar-refractivity contribution in [3.8, 4) is 0 Å². The highest BCUT2D eigenvalue weighted by molar-refractivity contribution is 5.30. The third-order valence-electron chi connectivity index (χ3n) is 4.24. The van der Waals surface area contributed by atoms with Crippen LogP contribution in [-0.2, 0) is 6.42 Å². The van der Waals surface area contributed by atoms with Crippen LogP contribution in [0, 0.1) is 0 Å². The number of quaternary nitrogens is 1. The van der Waals surface area contributed by atoms with Crippen LogP contribution in [0.1, 0.15) is 41.7 Å². The summed E-state index contributed by atoms with van der Waals surface area (Å²) in [5, 5.41) is 12.6. The van der Waals surface area contributed by atoms with Crippen LogP contribution in [0.25, 0.3) is 0 Å². The lowest BCUT2D eigenvalue weighted by Crippen LogP contribution is -2.86. The number of aliphatic hydroxyl groups excluding tert-OH is 1. The Labute approximate surface area is 120 Å². The van der Waals surface area contributed by atoms with E-state index in [1.54, 1.807) is 0 Å². The zero-order valence-electron chi connectivity index (χ0n) is 11.7. The highest BCUT2D eigenvalue weighted by Gasteiger charge is 2.23. The van der Waals surface area contributed by atoms with Crippen LogP contribution in [-0.4, -0.2) is 11.7 Å². The second-order valence-corrected chi connectivity index (χ2v) is 5.60. The fourth-order valence-corrected chi connectivity index (χ4v) is 3.14. The predicted molar refractivity (Wildman–Crippen MR) is 80.3 cm³/mol. The van der Waals surface area contributed by atoms with Crippen LogP contribution in [0.5, 0.6) is 0 Å². The maximum Gasteiger partial charge on any atom is 0.128 e. The van der Waals surface area contributed by atoms with Crippen molar-refractivity contribution in [2.24, 2.45) is 0 Å². The van der Waals surface area contributed by atoms with Crippen molar-refractivity contribution < 1.29 is 10.4 Å². The number of hydrogen-bond donors (Lipinski definition) is 2. The molecule has 0 amide bonds. The number of hydrogen-bond acceptors (Lipinski definition) is 1. The number of nitrogens with two attached hydrogens (primary N) is 1. The minimum atomic E-state index is -0.384. The van der Waals surface area contributed by atoms with E-state index in [-0.39, 0.29) is 6.10 Å². The molecule has 2 nitrogen and oxygen atoms in total. The molecule has 0 bridgehead atoms. The van der Waals surface area contributed by atoms with Gasteiger partial charge < -0.3 is 10.4 Å². The van der Waals surface area contributed by atoms with Gasteiger partial charge in [-0.2, -0.15) is 0 Å². The number of fused-ring (bicyclic) bond motifs is 1. The summed E-state index contributed by atoms with van der Waals surface area (Å²) in [6, 6.07) is 19.2. The Morgan fingerprint density at radius 3 is 2.65 bits per heavy atom. The van der Waals surface area contributed by atoms with Gasteiger partial charge in [-0.15, -0.1) is 0 Å². The summed E-state index contributed by atoms with van der Waals surface area (Å²) < 4.78 is 0. The second-order valence-electron chi connectivity index (χ2n) is 5.60. The van der Waals surface area contributed by atoms with Gasteiger partial charge in [0, 0.05) is 12.0 Å². The summed E-state index contributed by atoms with van der Waals surface area (Å²) >= 11 is 0. The Morgan fingerprint density at radius 2 is 1.80 bits per heavy atom. The van der Waals surface area contributed by atoms with E-state index in [1.807, 2.05) is 30.3 Å². The maximum absolute atomic E-state index is 10.3. The van der Waals surface area contributed by atoms with E-state index in [4.69, 9.17) is 0 Å². The standard InChI is InChI=1S/C18H21NO/c20-18(15-8-2-1-3-9-15)13-19-17-12-6-10-14-7-4-5-11-16(14)17/h1-5,7-9,11,17-20H,6,10,12-13H2/p+1/t17-,18+/m0/s1. The first kappa shape index (κ1) is 13.3. The molecular weight excluding hydrogens is 246 g/mol. The number of benzene rings is 2. The summed E-state index contributed by atoms with van der Waals surface area (Å²) in [7, 11) is 0. The summed E-state index contributed by atoms with van der Waals surface area (Å²) in [5.74, 6) is 0. The molecule has 1 aliphatic carbocycles. The summed E-state index contributed by atoms with van der Waals surface area (Å²) in [6.07, 6.45) is 3.27. The molecule has 2 heteroatoms. The van der Waals surface area contributed by atoms with Crippen LogP contribution >= 0.6 is 0 Å². The highest BCUT2D eigenvalue weighted by atomic mass is 16.3. The number of rotatable bonds is 4. The van der Waals surface area contributed by atoms with Crippen molar-refractivity contribution in [3.63, 3.8) is 0 Å². The quantitative estimate of drug-likeness (QED) is 0.877. The van der Waals surface area contributed by atoms with Gasteiger partial charge >= 0.3 is 0 Å². The molecule has 0 fully saturated rings. The van der Waals surface area contributed by atoms with Crippen molar-refractivity contribution in [1.29, 1.82) is 0 Å². The molecule has 104 valence electrons. The molecular formula is C18H22NO+. The largest absolute Gasteiger partial charge is 0.382 e. The van der Waals surface area contributed by atoms with Crippen molar-refractivity contribution >= 4 is 0 Å². The molecule has 0 unspecified atom stereocenters. The van der Waals surface area contributed by atoms with E-state index in [1.165, 1.54) is 30.4 Å². The Kier molecular flexibility index (Phi) is 4.14. The molecule has 1 aliphatic rings. The maximum atomic E-state index is 10.3. The lowest BCUT2D eigenvalue weighted by Gasteiger charge is -2.24. The van der Waals surface area contributed by atoms with Gasteiger partial charge in [0.2, 0.25) is 0 Å². The normalized spacial score (nSPS) is 19.4. The molecule has 20 heavy (non-hydrogen) atoms. The van der Waals surface area contributed by atoms with Crippen LogP contribution in [0.4, 0.5) is 0 Å². The minimum Gasteiger partial charge on any atom is -0.382 e. The van der Waals surface area contributed by atoms with Crippen molar-refractivity contribution in [3.05, 3.63) is 71.3 Å². The average molecular weight is 268 g/mol. The number of aryl methyl sites for hydroxylation is 1. The summed E-state index contributed by atoms with van der Waals surface area (Å²) in [6.45, 7) is 0.725. The third kappa shape index (κ3) is 2.92. The fraction of sp³-hybridized carbons (Fsp3) is 0.333. The molecule has 3 rings (SSSR count). The molecule has 2 aromatic carbocycles. The van der Waals surface area contributed by atoms with E-state index >= 15 is 0 Å². The van der Waals surface area contributed by atoms with Crippen LogP contribution in [0.2, 0.25) is 0 Å². The van der Waals surface area contributed by atoms with Gasteiger partial charge in [-0.05, 0) is 24.0 Å². The van der Waals surface area contributed by atoms with Gasteiger partial charge in [-0.3, -0.25) is 0 Å². The van der Waals surface area contributed by atoms with Gasteiger partial charge in [-0.25, -0.2) is 0 Å². The molecule has 0 spiro atoms. The topological polar surface area (TPSA) is 36.8 Å². The highest BCUT2D eigenvalue weighted by Crippen LogP contribution is 2.26. The van der Waals surface area contributed by atoms with E-state index in [9.17, 15) is 5.11 Å². The van der Waals surface area contributed by atoms with Crippen molar-refractivity contribution in [2.45, 2.75) is 31.4 Å². The molecule has 0 aliphatic heterocycles. The van der Waals surface area contributed by atoms with E-state index < -0.39 is 0 Å². The first-order valence-corrected chi connectivity index (χ1v) is 7.49. The lowest BCUT2D eigenvalue weighted by atomic mass is 9.87. The molecule has 2 aromatic rings. The fourth-order valence-electron chi connectivity index (χ4n) is 3.14. The summed E-state index contributed by atoms with van der Waals surface area (Å²) in [5.41, 5.74) is 3.95. The first-order valence-electron chi connectivity index (χ1n) is 7.49. The van der Waals surface area contributed by atoms with Crippen LogP contribution in [0.3, 0.4) is 0 Å². The molecule has 0 aromatic heterocycles.